The molecule has 2 aliphatic rings. The van der Waals surface area contributed by atoms with Crippen LogP contribution in [-0.4, -0.2) is 10.5 Å². The molecular formula is C11H17NS. The Kier molecular flexibility index (Phi) is 2.83. The maximum atomic E-state index is 8.92. The summed E-state index contributed by atoms with van der Waals surface area (Å²) in [6, 6.07) is 2.45. The van der Waals surface area contributed by atoms with Gasteiger partial charge in [0.05, 0.1) is 6.07 Å². The van der Waals surface area contributed by atoms with Crippen LogP contribution in [0.2, 0.25) is 0 Å². The van der Waals surface area contributed by atoms with Gasteiger partial charge in [0.1, 0.15) is 4.75 Å². The van der Waals surface area contributed by atoms with Crippen LogP contribution in [0.3, 0.4) is 0 Å². The van der Waals surface area contributed by atoms with Crippen LogP contribution in [0, 0.1) is 17.2 Å². The van der Waals surface area contributed by atoms with Crippen LogP contribution in [0.25, 0.3) is 0 Å². The van der Waals surface area contributed by atoms with Gasteiger partial charge in [0.25, 0.3) is 0 Å². The molecule has 0 aliphatic heterocycles. The number of hydrogen-bond acceptors (Lipinski definition) is 2. The van der Waals surface area contributed by atoms with Crippen LogP contribution < -0.4 is 0 Å². The molecule has 2 heteroatoms. The van der Waals surface area contributed by atoms with E-state index in [9.17, 15) is 0 Å². The Morgan fingerprint density at radius 2 is 1.92 bits per heavy atom. The molecule has 72 valence electrons. The fourth-order valence-electron chi connectivity index (χ4n) is 2.03. The Labute approximate surface area is 84.9 Å². The van der Waals surface area contributed by atoms with Crippen molar-refractivity contribution < 1.29 is 0 Å². The first-order valence-corrected chi connectivity index (χ1v) is 6.38. The zero-order valence-corrected chi connectivity index (χ0v) is 8.91. The van der Waals surface area contributed by atoms with Crippen LogP contribution in [0.1, 0.15) is 44.9 Å². The van der Waals surface area contributed by atoms with Crippen molar-refractivity contribution in [2.24, 2.45) is 5.92 Å². The van der Waals surface area contributed by atoms with Gasteiger partial charge in [0, 0.05) is 0 Å². The van der Waals surface area contributed by atoms with Gasteiger partial charge in [-0.25, -0.2) is 0 Å². The lowest BCUT2D eigenvalue weighted by Gasteiger charge is -2.21. The fourth-order valence-corrected chi connectivity index (χ4v) is 3.38. The second-order valence-electron chi connectivity index (χ2n) is 4.42. The van der Waals surface area contributed by atoms with Crippen molar-refractivity contribution in [2.75, 3.05) is 5.75 Å². The van der Waals surface area contributed by atoms with E-state index < -0.39 is 0 Å². The van der Waals surface area contributed by atoms with Crippen molar-refractivity contribution in [3.8, 4) is 6.07 Å². The largest absolute Gasteiger partial charge is 0.197 e. The second kappa shape index (κ2) is 3.92. The minimum atomic E-state index is 0.0669. The normalized spacial score (nSPS) is 26.7. The molecule has 0 radical (unpaired) electrons. The molecule has 1 nitrogen and oxygen atoms in total. The second-order valence-corrected chi connectivity index (χ2v) is 5.82. The molecule has 0 aromatic carbocycles. The Bertz CT molecular complexity index is 209. The lowest BCUT2D eigenvalue weighted by atomic mass is 9.91. The van der Waals surface area contributed by atoms with E-state index in [2.05, 4.69) is 6.07 Å². The maximum Gasteiger partial charge on any atom is 0.102 e. The highest BCUT2D eigenvalue weighted by Gasteiger charge is 2.43. The quantitative estimate of drug-likeness (QED) is 0.689. The standard InChI is InChI=1S/C11H17NS/c12-9-11(6-7-11)13-8-10-4-2-1-3-5-10/h10H,1-8H2. The highest BCUT2D eigenvalue weighted by Crippen LogP contribution is 2.49. The summed E-state index contributed by atoms with van der Waals surface area (Å²) in [7, 11) is 0. The average molecular weight is 195 g/mol. The van der Waals surface area contributed by atoms with Crippen LogP contribution in [0.4, 0.5) is 0 Å². The summed E-state index contributed by atoms with van der Waals surface area (Å²) in [5.74, 6) is 2.16. The van der Waals surface area contributed by atoms with E-state index in [1.165, 1.54) is 37.9 Å². The summed E-state index contributed by atoms with van der Waals surface area (Å²) in [4.78, 5) is 0. The molecule has 2 aliphatic carbocycles. The van der Waals surface area contributed by atoms with Gasteiger partial charge in [-0.3, -0.25) is 0 Å². The first-order valence-electron chi connectivity index (χ1n) is 5.40. The predicted octanol–water partition coefficient (Wildman–Crippen LogP) is 3.36. The third kappa shape index (κ3) is 2.40. The van der Waals surface area contributed by atoms with E-state index in [0.29, 0.717) is 0 Å². The predicted molar refractivity (Wildman–Crippen MR) is 56.6 cm³/mol. The minimum absolute atomic E-state index is 0.0669. The van der Waals surface area contributed by atoms with Crippen molar-refractivity contribution in [3.05, 3.63) is 0 Å². The lowest BCUT2D eigenvalue weighted by molar-refractivity contribution is 0.390. The molecule has 0 heterocycles. The number of nitrogens with zero attached hydrogens (tertiary/aromatic N) is 1. The van der Waals surface area contributed by atoms with Crippen LogP contribution >= 0.6 is 11.8 Å². The van der Waals surface area contributed by atoms with Gasteiger partial charge in [0.15, 0.2) is 0 Å². The van der Waals surface area contributed by atoms with Crippen LogP contribution in [0.5, 0.6) is 0 Å². The summed E-state index contributed by atoms with van der Waals surface area (Å²) >= 11 is 1.94. The van der Waals surface area contributed by atoms with E-state index >= 15 is 0 Å². The Hall–Kier alpha value is -0.160. The molecular weight excluding hydrogens is 178 g/mol. The minimum Gasteiger partial charge on any atom is -0.197 e. The van der Waals surface area contributed by atoms with E-state index in [1.807, 2.05) is 11.8 Å². The van der Waals surface area contributed by atoms with Gasteiger partial charge in [-0.15, -0.1) is 11.8 Å². The monoisotopic (exact) mass is 195 g/mol. The molecule has 0 aromatic heterocycles. The zero-order chi connectivity index (χ0) is 9.15. The molecule has 0 N–H and O–H groups in total. The number of nitriles is 1. The summed E-state index contributed by atoms with van der Waals surface area (Å²) in [5, 5.41) is 8.92. The summed E-state index contributed by atoms with van der Waals surface area (Å²) in [5.41, 5.74) is 0. The SMILES string of the molecule is N#CC1(SCC2CCCCC2)CC1. The molecule has 0 atom stereocenters. The molecule has 2 rings (SSSR count). The number of thioether (sulfide) groups is 1. The van der Waals surface area contributed by atoms with Crippen molar-refractivity contribution >= 4 is 11.8 Å². The van der Waals surface area contributed by atoms with E-state index in [1.54, 1.807) is 0 Å². The van der Waals surface area contributed by atoms with Gasteiger partial charge in [0.2, 0.25) is 0 Å². The molecule has 2 saturated carbocycles. The molecule has 2 fully saturated rings. The highest BCUT2D eigenvalue weighted by atomic mass is 32.2. The maximum absolute atomic E-state index is 8.92. The van der Waals surface area contributed by atoms with Crippen molar-refractivity contribution in [3.63, 3.8) is 0 Å². The van der Waals surface area contributed by atoms with Gasteiger partial charge in [-0.1, -0.05) is 19.3 Å². The summed E-state index contributed by atoms with van der Waals surface area (Å²) in [6.07, 6.45) is 9.38. The first-order chi connectivity index (χ1) is 6.35. The van der Waals surface area contributed by atoms with Gasteiger partial charge < -0.3 is 0 Å². The molecule has 0 spiro atoms. The number of hydrogen-bond donors (Lipinski definition) is 0. The highest BCUT2D eigenvalue weighted by molar-refractivity contribution is 8.01. The molecule has 0 aromatic rings. The van der Waals surface area contributed by atoms with E-state index in [4.69, 9.17) is 5.26 Å². The molecule has 0 bridgehead atoms. The molecule has 0 saturated heterocycles. The molecule has 0 amide bonds. The third-order valence-corrected chi connectivity index (χ3v) is 4.92. The average Bonchev–Trinajstić information content (AvgIpc) is 2.97. The first kappa shape index (κ1) is 9.40. The van der Waals surface area contributed by atoms with Gasteiger partial charge in [-0.2, -0.15) is 5.26 Å². The van der Waals surface area contributed by atoms with Crippen LogP contribution in [0.15, 0.2) is 0 Å². The van der Waals surface area contributed by atoms with Crippen LogP contribution in [-0.2, 0) is 0 Å². The van der Waals surface area contributed by atoms with Gasteiger partial charge in [-0.05, 0) is 37.4 Å². The Balaban J connectivity index is 1.70. The Morgan fingerprint density at radius 3 is 2.46 bits per heavy atom. The lowest BCUT2D eigenvalue weighted by Crippen LogP contribution is -2.11. The van der Waals surface area contributed by atoms with Crippen molar-refractivity contribution in [1.29, 1.82) is 5.26 Å². The topological polar surface area (TPSA) is 23.8 Å². The molecule has 0 unspecified atom stereocenters. The smallest absolute Gasteiger partial charge is 0.102 e. The summed E-state index contributed by atoms with van der Waals surface area (Å²) in [6.45, 7) is 0. The zero-order valence-electron chi connectivity index (χ0n) is 8.09. The van der Waals surface area contributed by atoms with Crippen molar-refractivity contribution in [1.82, 2.24) is 0 Å². The third-order valence-electron chi connectivity index (χ3n) is 3.23. The van der Waals surface area contributed by atoms with Crippen molar-refractivity contribution in [2.45, 2.75) is 49.7 Å². The van der Waals surface area contributed by atoms with E-state index in [0.717, 1.165) is 18.8 Å². The fraction of sp³-hybridized carbons (Fsp3) is 0.909. The number of rotatable bonds is 3. The van der Waals surface area contributed by atoms with Gasteiger partial charge >= 0.3 is 0 Å². The van der Waals surface area contributed by atoms with E-state index in [-0.39, 0.29) is 4.75 Å². The Morgan fingerprint density at radius 1 is 1.23 bits per heavy atom. The summed E-state index contributed by atoms with van der Waals surface area (Å²) < 4.78 is 0.0669. The molecule has 13 heavy (non-hydrogen) atoms.